The summed E-state index contributed by atoms with van der Waals surface area (Å²) in [4.78, 5) is 13.1. The van der Waals surface area contributed by atoms with Crippen LogP contribution in [0.5, 0.6) is 0 Å². The topological polar surface area (TPSA) is 58.9 Å². The lowest BCUT2D eigenvalue weighted by Crippen LogP contribution is -1.93. The van der Waals surface area contributed by atoms with Gasteiger partial charge in [0.25, 0.3) is 0 Å². The maximum Gasteiger partial charge on any atom is 0.0998 e. The van der Waals surface area contributed by atoms with E-state index < -0.39 is 0 Å². The maximum atomic E-state index is 9.24. The Labute approximate surface area is 143 Å². The Morgan fingerprint density at radius 1 is 0.917 bits per heavy atom. The molecule has 0 atom stereocenters. The summed E-state index contributed by atoms with van der Waals surface area (Å²) in [6, 6.07) is 14.1. The summed E-state index contributed by atoms with van der Waals surface area (Å²) in [6.45, 7) is 0.0324. The number of aliphatic hydroxyl groups is 1. The van der Waals surface area contributed by atoms with E-state index in [4.69, 9.17) is 4.98 Å². The Balaban J connectivity index is 1.65. The minimum Gasteiger partial charge on any atom is -0.392 e. The molecule has 0 aliphatic carbocycles. The summed E-state index contributed by atoms with van der Waals surface area (Å²) in [5, 5.41) is 10.3. The van der Waals surface area contributed by atoms with Gasteiger partial charge in [-0.3, -0.25) is 9.97 Å². The molecule has 0 fully saturated rings. The van der Waals surface area contributed by atoms with Gasteiger partial charge in [-0.1, -0.05) is 6.07 Å². The SMILES string of the molecule is OCc1ccnc(Cc2nc3ccc(-c4ccncc4)cc3s2)c1. The fraction of sp³-hybridized carbons (Fsp3) is 0.105. The Morgan fingerprint density at radius 3 is 2.62 bits per heavy atom. The minimum absolute atomic E-state index is 0.0324. The van der Waals surface area contributed by atoms with Crippen molar-refractivity contribution in [1.82, 2.24) is 15.0 Å². The molecule has 0 aliphatic rings. The molecule has 3 heterocycles. The molecule has 0 amide bonds. The van der Waals surface area contributed by atoms with Crippen LogP contribution in [0.25, 0.3) is 21.3 Å². The van der Waals surface area contributed by atoms with E-state index >= 15 is 0 Å². The number of aliphatic hydroxyl groups excluding tert-OH is 1. The molecule has 3 aromatic heterocycles. The van der Waals surface area contributed by atoms with Crippen LogP contribution in [0.1, 0.15) is 16.3 Å². The molecule has 1 aromatic carbocycles. The van der Waals surface area contributed by atoms with Crippen LogP contribution in [0.2, 0.25) is 0 Å². The molecule has 4 aromatic rings. The summed E-state index contributed by atoms with van der Waals surface area (Å²) in [5.41, 5.74) is 5.13. The van der Waals surface area contributed by atoms with Gasteiger partial charge < -0.3 is 5.11 Å². The highest BCUT2D eigenvalue weighted by Gasteiger charge is 2.08. The fourth-order valence-electron chi connectivity index (χ4n) is 2.65. The monoisotopic (exact) mass is 333 g/mol. The van der Waals surface area contributed by atoms with Crippen LogP contribution >= 0.6 is 11.3 Å². The lowest BCUT2D eigenvalue weighted by atomic mass is 10.1. The van der Waals surface area contributed by atoms with Crippen molar-refractivity contribution in [2.45, 2.75) is 13.0 Å². The van der Waals surface area contributed by atoms with Crippen LogP contribution in [0.15, 0.2) is 61.1 Å². The molecule has 0 aliphatic heterocycles. The summed E-state index contributed by atoms with van der Waals surface area (Å²) in [6.07, 6.45) is 6.02. The van der Waals surface area contributed by atoms with Crippen molar-refractivity contribution in [2.24, 2.45) is 0 Å². The number of hydrogen-bond acceptors (Lipinski definition) is 5. The second-order valence-corrected chi connectivity index (χ2v) is 6.63. The lowest BCUT2D eigenvalue weighted by Gasteiger charge is -1.99. The van der Waals surface area contributed by atoms with E-state index in [2.05, 4.69) is 28.2 Å². The third kappa shape index (κ3) is 3.04. The molecule has 4 rings (SSSR count). The van der Waals surface area contributed by atoms with Crippen molar-refractivity contribution in [2.75, 3.05) is 0 Å². The van der Waals surface area contributed by atoms with E-state index in [1.165, 1.54) is 5.56 Å². The normalized spacial score (nSPS) is 11.0. The maximum absolute atomic E-state index is 9.24. The predicted octanol–water partition coefficient (Wildman–Crippen LogP) is 3.84. The van der Waals surface area contributed by atoms with Gasteiger partial charge in [-0.2, -0.15) is 0 Å². The Hall–Kier alpha value is -2.63. The molecule has 24 heavy (non-hydrogen) atoms. The van der Waals surface area contributed by atoms with Gasteiger partial charge in [0.2, 0.25) is 0 Å². The van der Waals surface area contributed by atoms with Gasteiger partial charge >= 0.3 is 0 Å². The van der Waals surface area contributed by atoms with Gasteiger partial charge in [0, 0.05) is 30.7 Å². The first-order valence-electron chi connectivity index (χ1n) is 7.66. The summed E-state index contributed by atoms with van der Waals surface area (Å²) < 4.78 is 1.16. The first-order valence-corrected chi connectivity index (χ1v) is 8.48. The number of hydrogen-bond donors (Lipinski definition) is 1. The standard InChI is InChI=1S/C19H15N3OS/c23-12-13-3-8-21-16(9-13)11-19-22-17-2-1-15(10-18(17)24-19)14-4-6-20-7-5-14/h1-10,23H,11-12H2. The number of benzene rings is 1. The zero-order chi connectivity index (χ0) is 16.4. The van der Waals surface area contributed by atoms with E-state index in [1.807, 2.05) is 24.3 Å². The molecule has 0 spiro atoms. The Bertz CT molecular complexity index is 982. The zero-order valence-electron chi connectivity index (χ0n) is 12.9. The number of nitrogens with zero attached hydrogens (tertiary/aromatic N) is 3. The van der Waals surface area contributed by atoms with Crippen molar-refractivity contribution < 1.29 is 5.11 Å². The molecule has 0 saturated heterocycles. The van der Waals surface area contributed by atoms with Crippen LogP contribution in [0.4, 0.5) is 0 Å². The van der Waals surface area contributed by atoms with E-state index in [0.29, 0.717) is 6.42 Å². The van der Waals surface area contributed by atoms with Crippen LogP contribution in [0, 0.1) is 0 Å². The van der Waals surface area contributed by atoms with Crippen molar-refractivity contribution in [3.63, 3.8) is 0 Å². The third-order valence-corrected chi connectivity index (χ3v) is 4.86. The van der Waals surface area contributed by atoms with Crippen molar-refractivity contribution in [3.8, 4) is 11.1 Å². The molecule has 118 valence electrons. The predicted molar refractivity (Wildman–Crippen MR) is 95.8 cm³/mol. The van der Waals surface area contributed by atoms with Crippen LogP contribution < -0.4 is 0 Å². The third-order valence-electron chi connectivity index (χ3n) is 3.84. The van der Waals surface area contributed by atoms with Crippen LogP contribution in [0.3, 0.4) is 0 Å². The largest absolute Gasteiger partial charge is 0.392 e. The van der Waals surface area contributed by atoms with E-state index in [9.17, 15) is 5.11 Å². The first-order chi connectivity index (χ1) is 11.8. The van der Waals surface area contributed by atoms with E-state index in [0.717, 1.165) is 32.0 Å². The number of thiazole rings is 1. The summed E-state index contributed by atoms with van der Waals surface area (Å²) in [7, 11) is 0. The van der Waals surface area contributed by atoms with Gasteiger partial charge in [-0.05, 0) is 53.1 Å². The number of aromatic nitrogens is 3. The average molecular weight is 333 g/mol. The Kier molecular flexibility index (Phi) is 4.02. The Morgan fingerprint density at radius 2 is 1.79 bits per heavy atom. The molecule has 5 heteroatoms. The smallest absolute Gasteiger partial charge is 0.0998 e. The molecule has 0 saturated carbocycles. The first kappa shape index (κ1) is 14.9. The van der Waals surface area contributed by atoms with E-state index in [-0.39, 0.29) is 6.61 Å². The molecule has 0 radical (unpaired) electrons. The molecular weight excluding hydrogens is 318 g/mol. The van der Waals surface area contributed by atoms with Gasteiger partial charge in [-0.15, -0.1) is 11.3 Å². The lowest BCUT2D eigenvalue weighted by molar-refractivity contribution is 0.281. The summed E-state index contributed by atoms with van der Waals surface area (Å²) >= 11 is 1.69. The molecule has 0 unspecified atom stereocenters. The highest BCUT2D eigenvalue weighted by Crippen LogP contribution is 2.29. The number of fused-ring (bicyclic) bond motifs is 1. The van der Waals surface area contributed by atoms with Crippen LogP contribution in [-0.2, 0) is 13.0 Å². The fourth-order valence-corrected chi connectivity index (χ4v) is 3.67. The number of rotatable bonds is 4. The van der Waals surface area contributed by atoms with Gasteiger partial charge in [0.05, 0.1) is 21.8 Å². The van der Waals surface area contributed by atoms with Gasteiger partial charge in [0.15, 0.2) is 0 Å². The minimum atomic E-state index is 0.0324. The van der Waals surface area contributed by atoms with Crippen molar-refractivity contribution in [1.29, 1.82) is 0 Å². The summed E-state index contributed by atoms with van der Waals surface area (Å²) in [5.74, 6) is 0. The molecule has 1 N–H and O–H groups in total. The highest BCUT2D eigenvalue weighted by atomic mass is 32.1. The zero-order valence-corrected chi connectivity index (χ0v) is 13.7. The second kappa shape index (κ2) is 6.47. The highest BCUT2D eigenvalue weighted by molar-refractivity contribution is 7.18. The molecule has 0 bridgehead atoms. The van der Waals surface area contributed by atoms with Crippen molar-refractivity contribution in [3.05, 3.63) is 77.3 Å². The number of pyridine rings is 2. The second-order valence-electron chi connectivity index (χ2n) is 5.52. The molecule has 4 nitrogen and oxygen atoms in total. The van der Waals surface area contributed by atoms with Crippen LogP contribution in [-0.4, -0.2) is 20.1 Å². The van der Waals surface area contributed by atoms with Gasteiger partial charge in [-0.25, -0.2) is 4.98 Å². The quantitative estimate of drug-likeness (QED) is 0.616. The molecular formula is C19H15N3OS. The van der Waals surface area contributed by atoms with Crippen molar-refractivity contribution >= 4 is 21.6 Å². The van der Waals surface area contributed by atoms with Gasteiger partial charge in [0.1, 0.15) is 0 Å². The average Bonchev–Trinajstić information content (AvgIpc) is 3.04. The van der Waals surface area contributed by atoms with E-state index in [1.54, 1.807) is 29.9 Å².